The average Bonchev–Trinajstić information content (AvgIpc) is 3.54. The number of para-hydroxylation sites is 1. The predicted molar refractivity (Wildman–Crippen MR) is 133 cm³/mol. The van der Waals surface area contributed by atoms with Gasteiger partial charge in [-0.05, 0) is 43.2 Å². The summed E-state index contributed by atoms with van der Waals surface area (Å²) in [6.45, 7) is 8.36. The number of hydrogen-bond donors (Lipinski definition) is 3. The third-order valence-electron chi connectivity index (χ3n) is 6.52. The molecular weight excluding hydrogens is 444 g/mol. The van der Waals surface area contributed by atoms with Crippen LogP contribution < -0.4 is 10.1 Å². The van der Waals surface area contributed by atoms with Crippen molar-refractivity contribution in [1.82, 2.24) is 25.1 Å². The molecule has 9 nitrogen and oxygen atoms in total. The second-order valence-corrected chi connectivity index (χ2v) is 9.77. The molecule has 4 aromatic rings. The van der Waals surface area contributed by atoms with Crippen LogP contribution in [0.5, 0.6) is 5.75 Å². The third kappa shape index (κ3) is 4.28. The summed E-state index contributed by atoms with van der Waals surface area (Å²) < 4.78 is 11.5. The van der Waals surface area contributed by atoms with E-state index in [4.69, 9.17) is 14.5 Å². The van der Waals surface area contributed by atoms with Gasteiger partial charge >= 0.3 is 0 Å². The number of benzene rings is 2. The Labute approximate surface area is 202 Å². The maximum Gasteiger partial charge on any atom is 0.259 e. The Morgan fingerprint density at radius 3 is 2.91 bits per heavy atom. The highest BCUT2D eigenvalue weighted by Crippen LogP contribution is 2.38. The fourth-order valence-electron chi connectivity index (χ4n) is 4.84. The number of fused-ring (bicyclic) bond motifs is 2. The van der Waals surface area contributed by atoms with Crippen LogP contribution in [0.15, 0.2) is 42.6 Å². The van der Waals surface area contributed by atoms with Crippen molar-refractivity contribution < 1.29 is 14.3 Å². The summed E-state index contributed by atoms with van der Waals surface area (Å²) in [5, 5.41) is 10.1. The van der Waals surface area contributed by atoms with Crippen LogP contribution >= 0.6 is 0 Å². The first-order valence-corrected chi connectivity index (χ1v) is 11.9. The molecule has 0 spiro atoms. The number of H-pyrrole nitrogens is 2. The molecule has 1 amide bonds. The first-order valence-electron chi connectivity index (χ1n) is 11.9. The van der Waals surface area contributed by atoms with E-state index in [0.717, 1.165) is 55.9 Å². The summed E-state index contributed by atoms with van der Waals surface area (Å²) in [7, 11) is 0. The lowest BCUT2D eigenvalue weighted by Crippen LogP contribution is -2.35. The fourth-order valence-corrected chi connectivity index (χ4v) is 4.84. The molecule has 2 aliphatic heterocycles. The fraction of sp³-hybridized carbons (Fsp3) is 0.346. The van der Waals surface area contributed by atoms with Crippen LogP contribution in [0.2, 0.25) is 0 Å². The summed E-state index contributed by atoms with van der Waals surface area (Å²) in [4.78, 5) is 23.7. The topological polar surface area (TPSA) is 108 Å². The van der Waals surface area contributed by atoms with Gasteiger partial charge in [-0.15, -0.1) is 0 Å². The number of hydrogen-bond acceptors (Lipinski definition) is 6. The van der Waals surface area contributed by atoms with Crippen molar-refractivity contribution in [3.63, 3.8) is 0 Å². The molecule has 1 fully saturated rings. The molecule has 3 N–H and O–H groups in total. The van der Waals surface area contributed by atoms with Crippen LogP contribution in [0, 0.1) is 0 Å². The quantitative estimate of drug-likeness (QED) is 0.408. The Bertz CT molecular complexity index is 1400. The second kappa shape index (κ2) is 8.51. The summed E-state index contributed by atoms with van der Waals surface area (Å²) >= 11 is 0. The van der Waals surface area contributed by atoms with Gasteiger partial charge < -0.3 is 19.8 Å². The Morgan fingerprint density at radius 1 is 1.20 bits per heavy atom. The van der Waals surface area contributed by atoms with E-state index in [2.05, 4.69) is 37.5 Å². The molecule has 0 radical (unpaired) electrons. The van der Waals surface area contributed by atoms with Crippen LogP contribution in [0.4, 0.5) is 5.69 Å². The molecule has 4 heterocycles. The Balaban J connectivity index is 1.24. The number of morpholine rings is 1. The van der Waals surface area contributed by atoms with E-state index >= 15 is 0 Å². The van der Waals surface area contributed by atoms with E-state index < -0.39 is 0 Å². The number of rotatable bonds is 5. The number of amides is 1. The lowest BCUT2D eigenvalue weighted by Gasteiger charge is -2.26. The Hall–Kier alpha value is -3.69. The molecule has 0 unspecified atom stereocenters. The van der Waals surface area contributed by atoms with Gasteiger partial charge in [0.15, 0.2) is 5.82 Å². The molecule has 6 rings (SSSR count). The number of carbonyl (C=O) groups excluding carboxylic acids is 1. The lowest BCUT2D eigenvalue weighted by molar-refractivity contribution is 0.0342. The molecule has 2 aromatic carbocycles. The van der Waals surface area contributed by atoms with E-state index in [1.54, 1.807) is 12.3 Å². The molecule has 2 aliphatic rings. The van der Waals surface area contributed by atoms with Gasteiger partial charge in [0.1, 0.15) is 17.0 Å². The van der Waals surface area contributed by atoms with E-state index in [1.165, 1.54) is 5.56 Å². The number of nitrogens with one attached hydrogen (secondary N) is 3. The summed E-state index contributed by atoms with van der Waals surface area (Å²) in [6, 6.07) is 11.9. The van der Waals surface area contributed by atoms with Crippen molar-refractivity contribution in [3.8, 4) is 17.3 Å². The normalized spacial score (nSPS) is 17.3. The summed E-state index contributed by atoms with van der Waals surface area (Å²) in [5.41, 5.74) is 5.42. The SMILES string of the molecule is CC1(C)Cc2cccc(C(=O)Nc3cn[nH]c3-c3nc4ccc(CN5CCOCC5)cc4[nH]3)c2O1. The van der Waals surface area contributed by atoms with Crippen molar-refractivity contribution in [2.75, 3.05) is 31.6 Å². The van der Waals surface area contributed by atoms with E-state index in [0.29, 0.717) is 28.5 Å². The molecule has 2 aromatic heterocycles. The van der Waals surface area contributed by atoms with Crippen LogP contribution in [0.3, 0.4) is 0 Å². The van der Waals surface area contributed by atoms with Gasteiger partial charge in [-0.3, -0.25) is 14.8 Å². The van der Waals surface area contributed by atoms with Crippen molar-refractivity contribution in [2.45, 2.75) is 32.4 Å². The maximum atomic E-state index is 13.2. The van der Waals surface area contributed by atoms with Crippen LogP contribution in [-0.4, -0.2) is 62.9 Å². The number of imidazole rings is 1. The molecule has 35 heavy (non-hydrogen) atoms. The summed E-state index contributed by atoms with van der Waals surface area (Å²) in [5.74, 6) is 1.02. The van der Waals surface area contributed by atoms with Crippen molar-refractivity contribution in [3.05, 3.63) is 59.3 Å². The minimum absolute atomic E-state index is 0.244. The number of ether oxygens (including phenoxy) is 2. The number of nitrogens with zero attached hydrogens (tertiary/aromatic N) is 3. The summed E-state index contributed by atoms with van der Waals surface area (Å²) in [6.07, 6.45) is 2.37. The standard InChI is InChI=1S/C26H28N6O3/c1-26(2)13-17-4-3-5-18(23(17)35-26)25(33)30-21-14-27-31-22(21)24-28-19-7-6-16(12-20(19)29-24)15-32-8-10-34-11-9-32/h3-7,12,14H,8-11,13,15H2,1-2H3,(H,27,31)(H,28,29)(H,30,33). The van der Waals surface area contributed by atoms with Gasteiger partial charge in [-0.25, -0.2) is 4.98 Å². The zero-order valence-electron chi connectivity index (χ0n) is 19.9. The van der Waals surface area contributed by atoms with Gasteiger partial charge in [0.05, 0.1) is 41.7 Å². The zero-order chi connectivity index (χ0) is 24.0. The first kappa shape index (κ1) is 21.8. The number of anilines is 1. The lowest BCUT2D eigenvalue weighted by atomic mass is 10.0. The average molecular weight is 473 g/mol. The van der Waals surface area contributed by atoms with Gasteiger partial charge in [0, 0.05) is 26.1 Å². The minimum atomic E-state index is -0.325. The van der Waals surface area contributed by atoms with E-state index in [-0.39, 0.29) is 11.5 Å². The Morgan fingerprint density at radius 2 is 2.06 bits per heavy atom. The van der Waals surface area contributed by atoms with Gasteiger partial charge in [0.25, 0.3) is 5.91 Å². The predicted octanol–water partition coefficient (Wildman–Crippen LogP) is 3.75. The number of aromatic amines is 2. The van der Waals surface area contributed by atoms with Crippen molar-refractivity contribution >= 4 is 22.6 Å². The zero-order valence-corrected chi connectivity index (χ0v) is 19.9. The molecule has 0 saturated carbocycles. The highest BCUT2D eigenvalue weighted by Gasteiger charge is 2.33. The Kier molecular flexibility index (Phi) is 5.31. The molecule has 1 saturated heterocycles. The maximum absolute atomic E-state index is 13.2. The minimum Gasteiger partial charge on any atom is -0.486 e. The number of carbonyl (C=O) groups is 1. The second-order valence-electron chi connectivity index (χ2n) is 9.77. The van der Waals surface area contributed by atoms with Crippen molar-refractivity contribution in [2.24, 2.45) is 0 Å². The van der Waals surface area contributed by atoms with E-state index in [1.807, 2.05) is 32.0 Å². The highest BCUT2D eigenvalue weighted by atomic mass is 16.5. The van der Waals surface area contributed by atoms with Crippen molar-refractivity contribution in [1.29, 1.82) is 0 Å². The monoisotopic (exact) mass is 472 g/mol. The molecular formula is C26H28N6O3. The molecule has 0 bridgehead atoms. The highest BCUT2D eigenvalue weighted by molar-refractivity contribution is 6.08. The first-order chi connectivity index (χ1) is 16.9. The van der Waals surface area contributed by atoms with Gasteiger partial charge in [-0.2, -0.15) is 5.10 Å². The van der Waals surface area contributed by atoms with Crippen LogP contribution in [0.25, 0.3) is 22.6 Å². The van der Waals surface area contributed by atoms with Crippen LogP contribution in [-0.2, 0) is 17.7 Å². The molecule has 0 aliphatic carbocycles. The smallest absolute Gasteiger partial charge is 0.259 e. The van der Waals surface area contributed by atoms with Gasteiger partial charge in [-0.1, -0.05) is 18.2 Å². The molecule has 9 heteroatoms. The largest absolute Gasteiger partial charge is 0.486 e. The van der Waals surface area contributed by atoms with Gasteiger partial charge in [0.2, 0.25) is 0 Å². The number of aromatic nitrogens is 4. The molecule has 180 valence electrons. The molecule has 0 atom stereocenters. The third-order valence-corrected chi connectivity index (χ3v) is 6.52. The van der Waals surface area contributed by atoms with Crippen LogP contribution in [0.1, 0.15) is 35.3 Å². The van der Waals surface area contributed by atoms with E-state index in [9.17, 15) is 4.79 Å².